The van der Waals surface area contributed by atoms with Crippen LogP contribution in [0, 0.1) is 0 Å². The first kappa shape index (κ1) is 20.9. The van der Waals surface area contributed by atoms with Gasteiger partial charge in [-0.25, -0.2) is 27.2 Å². The van der Waals surface area contributed by atoms with E-state index in [0.29, 0.717) is 37.6 Å². The molecule has 0 atom stereocenters. The molecule has 10 heteroatoms. The summed E-state index contributed by atoms with van der Waals surface area (Å²) in [5.74, 6) is -1.24. The molecule has 4 rings (SSSR count). The first-order chi connectivity index (χ1) is 14.3. The zero-order valence-electron chi connectivity index (χ0n) is 16.6. The molecule has 162 valence electrons. The molecule has 30 heavy (non-hydrogen) atoms. The molecule has 0 aromatic carbocycles. The molecule has 2 saturated heterocycles. The lowest BCUT2D eigenvalue weighted by molar-refractivity contribution is -0.0221. The van der Waals surface area contributed by atoms with Crippen molar-refractivity contribution in [3.63, 3.8) is 0 Å². The van der Waals surface area contributed by atoms with Crippen LogP contribution in [-0.4, -0.2) is 60.8 Å². The summed E-state index contributed by atoms with van der Waals surface area (Å²) in [6, 6.07) is 3.85. The van der Waals surface area contributed by atoms with Crippen molar-refractivity contribution >= 4 is 32.4 Å². The van der Waals surface area contributed by atoms with E-state index in [9.17, 15) is 17.2 Å². The van der Waals surface area contributed by atoms with E-state index in [2.05, 4.69) is 21.9 Å². The maximum atomic E-state index is 13.5. The lowest BCUT2D eigenvalue weighted by Gasteiger charge is -2.33. The molecule has 4 heterocycles. The number of hydrogen-bond donors (Lipinski definition) is 1. The summed E-state index contributed by atoms with van der Waals surface area (Å²) in [6.45, 7) is 4.75. The van der Waals surface area contributed by atoms with Crippen molar-refractivity contribution in [1.29, 1.82) is 0 Å². The molecule has 7 nitrogen and oxygen atoms in total. The van der Waals surface area contributed by atoms with Crippen molar-refractivity contribution in [3.05, 3.63) is 36.5 Å². The van der Waals surface area contributed by atoms with Crippen molar-refractivity contribution in [2.24, 2.45) is 0 Å². The Morgan fingerprint density at radius 3 is 2.53 bits per heavy atom. The zero-order chi connectivity index (χ0) is 21.4. The number of aromatic nitrogens is 2. The molecule has 2 aliphatic heterocycles. The molecular weight excluding hydrogens is 412 g/mol. The lowest BCUT2D eigenvalue weighted by atomic mass is 10.1. The second kappa shape index (κ2) is 8.07. The summed E-state index contributed by atoms with van der Waals surface area (Å²) in [5.41, 5.74) is 0. The Kier molecular flexibility index (Phi) is 5.63. The van der Waals surface area contributed by atoms with E-state index < -0.39 is 15.9 Å². The number of fused-ring (bicyclic) bond motifs is 1. The molecule has 0 unspecified atom stereocenters. The maximum absolute atomic E-state index is 13.5. The summed E-state index contributed by atoms with van der Waals surface area (Å²) >= 11 is 0. The van der Waals surface area contributed by atoms with Crippen molar-refractivity contribution in [1.82, 2.24) is 14.3 Å². The Bertz CT molecular complexity index is 1030. The minimum Gasteiger partial charge on any atom is -0.367 e. The van der Waals surface area contributed by atoms with E-state index in [4.69, 9.17) is 0 Å². The van der Waals surface area contributed by atoms with Crippen LogP contribution in [0.2, 0.25) is 0 Å². The van der Waals surface area contributed by atoms with E-state index in [0.717, 1.165) is 16.2 Å². The predicted octanol–water partition coefficient (Wildman–Crippen LogP) is 3.21. The van der Waals surface area contributed by atoms with Crippen molar-refractivity contribution in [3.8, 4) is 0 Å². The average molecular weight is 438 g/mol. The van der Waals surface area contributed by atoms with Crippen molar-refractivity contribution in [2.75, 3.05) is 36.4 Å². The van der Waals surface area contributed by atoms with Crippen molar-refractivity contribution < 1.29 is 17.2 Å². The fraction of sp³-hybridized carbons (Fsp3) is 0.500. The van der Waals surface area contributed by atoms with E-state index in [1.54, 1.807) is 12.4 Å². The number of rotatable bonds is 5. The topological polar surface area (TPSA) is 78.4 Å². The Labute approximate surface area is 174 Å². The molecule has 0 spiro atoms. The molecule has 2 fully saturated rings. The third-order valence-electron chi connectivity index (χ3n) is 5.80. The van der Waals surface area contributed by atoms with E-state index in [-0.39, 0.29) is 32.0 Å². The number of pyridine rings is 2. The van der Waals surface area contributed by atoms with Crippen LogP contribution in [0.3, 0.4) is 0 Å². The standard InChI is InChI=1S/C20H25F2N5O2S/c1-2-30(28,29)27-9-4-16(5-10-27)25-18-13-17-15(14-24-18)3-8-23-19(17)26-11-6-20(21,22)7-12-26/h2-3,8,13-14,16H,1,4-7,9-12H2,(H,24,25). The fourth-order valence-corrected chi connectivity index (χ4v) is 4.93. The van der Waals surface area contributed by atoms with E-state index in [1.165, 1.54) is 4.31 Å². The summed E-state index contributed by atoms with van der Waals surface area (Å²) in [7, 11) is -3.39. The molecule has 2 aromatic rings. The van der Waals surface area contributed by atoms with Gasteiger partial charge in [0.25, 0.3) is 5.92 Å². The summed E-state index contributed by atoms with van der Waals surface area (Å²) in [6.07, 6.45) is 4.40. The van der Waals surface area contributed by atoms with Crippen LogP contribution in [0.25, 0.3) is 10.8 Å². The van der Waals surface area contributed by atoms with Crippen LogP contribution in [0.5, 0.6) is 0 Å². The number of anilines is 2. The highest BCUT2D eigenvalue weighted by atomic mass is 32.2. The Morgan fingerprint density at radius 2 is 1.87 bits per heavy atom. The molecular formula is C20H25F2N5O2S. The first-order valence-corrected chi connectivity index (χ1v) is 11.5. The van der Waals surface area contributed by atoms with E-state index in [1.807, 2.05) is 17.0 Å². The Balaban J connectivity index is 1.49. The molecule has 0 saturated carbocycles. The largest absolute Gasteiger partial charge is 0.367 e. The Morgan fingerprint density at radius 1 is 1.17 bits per heavy atom. The number of nitrogens with zero attached hydrogens (tertiary/aromatic N) is 4. The van der Waals surface area contributed by atoms with E-state index >= 15 is 0 Å². The summed E-state index contributed by atoms with van der Waals surface area (Å²) < 4.78 is 52.3. The quantitative estimate of drug-likeness (QED) is 0.774. The van der Waals surface area contributed by atoms with Crippen LogP contribution in [0.15, 0.2) is 36.5 Å². The monoisotopic (exact) mass is 437 g/mol. The summed E-state index contributed by atoms with van der Waals surface area (Å²) in [5, 5.41) is 6.13. The van der Waals surface area contributed by atoms with Gasteiger partial charge in [-0.1, -0.05) is 6.58 Å². The van der Waals surface area contributed by atoms with Gasteiger partial charge in [0.1, 0.15) is 11.6 Å². The number of hydrogen-bond acceptors (Lipinski definition) is 6. The highest BCUT2D eigenvalue weighted by Gasteiger charge is 2.34. The van der Waals surface area contributed by atoms with Gasteiger partial charge in [-0.2, -0.15) is 4.31 Å². The van der Waals surface area contributed by atoms with Crippen LogP contribution < -0.4 is 10.2 Å². The minimum absolute atomic E-state index is 0.0972. The average Bonchev–Trinajstić information content (AvgIpc) is 2.74. The lowest BCUT2D eigenvalue weighted by Crippen LogP contribution is -2.41. The second-order valence-electron chi connectivity index (χ2n) is 7.80. The normalized spacial score (nSPS) is 20.9. The van der Waals surface area contributed by atoms with Gasteiger partial charge in [-0.05, 0) is 25.0 Å². The number of alkyl halides is 2. The number of sulfonamides is 1. The van der Waals surface area contributed by atoms with Gasteiger partial charge < -0.3 is 10.2 Å². The molecule has 2 aromatic heterocycles. The summed E-state index contributed by atoms with van der Waals surface area (Å²) in [4.78, 5) is 10.8. The van der Waals surface area contributed by atoms with Gasteiger partial charge in [0.15, 0.2) is 0 Å². The number of piperidine rings is 2. The van der Waals surface area contributed by atoms with Crippen LogP contribution in [-0.2, 0) is 10.0 Å². The molecule has 0 radical (unpaired) electrons. The van der Waals surface area contributed by atoms with Gasteiger partial charge in [-0.3, -0.25) is 0 Å². The highest BCUT2D eigenvalue weighted by molar-refractivity contribution is 7.92. The van der Waals surface area contributed by atoms with Crippen molar-refractivity contribution in [2.45, 2.75) is 37.6 Å². The molecule has 1 N–H and O–H groups in total. The predicted molar refractivity (Wildman–Crippen MR) is 113 cm³/mol. The second-order valence-corrected chi connectivity index (χ2v) is 9.68. The molecule has 0 aliphatic carbocycles. The fourth-order valence-electron chi connectivity index (χ4n) is 4.00. The van der Waals surface area contributed by atoms with Gasteiger partial charge in [0.2, 0.25) is 10.0 Å². The Hall–Kier alpha value is -2.33. The first-order valence-electron chi connectivity index (χ1n) is 10.0. The smallest absolute Gasteiger partial charge is 0.251 e. The van der Waals surface area contributed by atoms with Gasteiger partial charge in [0, 0.05) is 73.6 Å². The highest BCUT2D eigenvalue weighted by Crippen LogP contribution is 2.33. The van der Waals surface area contributed by atoms with Gasteiger partial charge in [0.05, 0.1) is 0 Å². The minimum atomic E-state index is -3.39. The number of halogens is 2. The number of nitrogens with one attached hydrogen (secondary N) is 1. The SMILES string of the molecule is C=CS(=O)(=O)N1CCC(Nc2cc3c(N4CCC(F)(F)CC4)nccc3cn2)CC1. The molecule has 0 amide bonds. The van der Waals surface area contributed by atoms with Crippen LogP contribution in [0.1, 0.15) is 25.7 Å². The third kappa shape index (κ3) is 4.39. The van der Waals surface area contributed by atoms with Gasteiger partial charge >= 0.3 is 0 Å². The zero-order valence-corrected chi connectivity index (χ0v) is 17.4. The van der Waals surface area contributed by atoms with Gasteiger partial charge in [-0.15, -0.1) is 0 Å². The van der Waals surface area contributed by atoms with Crippen LogP contribution in [0.4, 0.5) is 20.4 Å². The maximum Gasteiger partial charge on any atom is 0.251 e. The van der Waals surface area contributed by atoms with Crippen LogP contribution >= 0.6 is 0 Å². The molecule has 0 bridgehead atoms. The third-order valence-corrected chi connectivity index (χ3v) is 7.30. The molecule has 2 aliphatic rings.